The molecule has 7 heteroatoms. The highest BCUT2D eigenvalue weighted by Gasteiger charge is 2.22. The van der Waals surface area contributed by atoms with E-state index in [1.54, 1.807) is 6.07 Å². The maximum atomic E-state index is 10.8. The van der Waals surface area contributed by atoms with Gasteiger partial charge in [0.1, 0.15) is 11.9 Å². The fraction of sp³-hybridized carbons (Fsp3) is 0.312. The molecule has 23 heavy (non-hydrogen) atoms. The average molecular weight is 334 g/mol. The Hall–Kier alpha value is -2.34. The number of halogens is 1. The zero-order valence-corrected chi connectivity index (χ0v) is 13.1. The van der Waals surface area contributed by atoms with Crippen molar-refractivity contribution < 1.29 is 14.6 Å². The molecule has 0 atom stereocenters. The Morgan fingerprint density at radius 3 is 2.52 bits per heavy atom. The number of benzene rings is 1. The lowest BCUT2D eigenvalue weighted by Gasteiger charge is -2.32. The fourth-order valence-corrected chi connectivity index (χ4v) is 2.71. The third-order valence-electron chi connectivity index (χ3n) is 3.77. The molecular weight excluding hydrogens is 318 g/mol. The number of hydrogen-bond acceptors (Lipinski definition) is 5. The number of piperidine rings is 1. The Morgan fingerprint density at radius 2 is 1.91 bits per heavy atom. The van der Waals surface area contributed by atoms with Crippen LogP contribution in [0.3, 0.4) is 0 Å². The minimum atomic E-state index is -1.07. The first-order chi connectivity index (χ1) is 11.1. The van der Waals surface area contributed by atoms with E-state index in [0.717, 1.165) is 25.9 Å². The van der Waals surface area contributed by atoms with Crippen LogP contribution in [0.1, 0.15) is 23.3 Å². The van der Waals surface area contributed by atoms with Crippen LogP contribution in [0.25, 0.3) is 0 Å². The monoisotopic (exact) mass is 333 g/mol. The highest BCUT2D eigenvalue weighted by Crippen LogP contribution is 2.27. The molecule has 0 radical (unpaired) electrons. The maximum Gasteiger partial charge on any atom is 0.356 e. The molecule has 3 rings (SSSR count). The van der Waals surface area contributed by atoms with Gasteiger partial charge in [-0.15, -0.1) is 10.2 Å². The van der Waals surface area contributed by atoms with Gasteiger partial charge < -0.3 is 14.7 Å². The number of nitrogens with zero attached hydrogens (tertiary/aromatic N) is 3. The number of ether oxygens (including phenoxy) is 1. The second-order valence-electron chi connectivity index (χ2n) is 5.32. The van der Waals surface area contributed by atoms with Crippen molar-refractivity contribution in [3.63, 3.8) is 0 Å². The van der Waals surface area contributed by atoms with E-state index in [-0.39, 0.29) is 11.8 Å². The van der Waals surface area contributed by atoms with Gasteiger partial charge in [-0.05, 0) is 24.3 Å². The first kappa shape index (κ1) is 15.6. The van der Waals surface area contributed by atoms with Gasteiger partial charge in [-0.3, -0.25) is 0 Å². The number of aromatic carboxylic acids is 1. The predicted molar refractivity (Wildman–Crippen MR) is 86.3 cm³/mol. The first-order valence-electron chi connectivity index (χ1n) is 7.36. The minimum absolute atomic E-state index is 0.0503. The summed E-state index contributed by atoms with van der Waals surface area (Å²) in [4.78, 5) is 12.9. The highest BCUT2D eigenvalue weighted by atomic mass is 35.5. The molecule has 1 aliphatic rings. The summed E-state index contributed by atoms with van der Waals surface area (Å²) in [5.74, 6) is 0.320. The van der Waals surface area contributed by atoms with Gasteiger partial charge in [-0.2, -0.15) is 0 Å². The molecule has 2 heterocycles. The van der Waals surface area contributed by atoms with Crippen LogP contribution in [0.2, 0.25) is 5.02 Å². The first-order valence-corrected chi connectivity index (χ1v) is 7.74. The molecule has 1 aliphatic heterocycles. The lowest BCUT2D eigenvalue weighted by molar-refractivity contribution is 0.0689. The third-order valence-corrected chi connectivity index (χ3v) is 4.08. The van der Waals surface area contributed by atoms with Crippen molar-refractivity contribution in [3.05, 3.63) is 47.1 Å². The van der Waals surface area contributed by atoms with Crippen molar-refractivity contribution in [2.24, 2.45) is 0 Å². The average Bonchev–Trinajstić information content (AvgIpc) is 2.58. The Bertz CT molecular complexity index is 685. The van der Waals surface area contributed by atoms with Gasteiger partial charge in [0.25, 0.3) is 0 Å². The molecule has 0 unspecified atom stereocenters. The van der Waals surface area contributed by atoms with Gasteiger partial charge in [-0.25, -0.2) is 4.79 Å². The summed E-state index contributed by atoms with van der Waals surface area (Å²) in [5, 5.41) is 17.1. The number of aromatic nitrogens is 2. The van der Waals surface area contributed by atoms with Gasteiger partial charge >= 0.3 is 5.97 Å². The predicted octanol–water partition coefficient (Wildman–Crippen LogP) is 2.88. The standard InChI is InChI=1S/C16H16ClN3O3/c17-12-3-1-2-4-14(12)23-11-7-9-20(10-8-11)15-6-5-13(16(21)22)18-19-15/h1-6,11H,7-10H2,(H,21,22). The summed E-state index contributed by atoms with van der Waals surface area (Å²) < 4.78 is 5.95. The molecule has 6 nitrogen and oxygen atoms in total. The summed E-state index contributed by atoms with van der Waals surface area (Å²) in [6.45, 7) is 1.55. The van der Waals surface area contributed by atoms with Gasteiger partial charge in [0.15, 0.2) is 11.5 Å². The second-order valence-corrected chi connectivity index (χ2v) is 5.72. The number of para-hydroxylation sites is 1. The molecule has 1 saturated heterocycles. The van der Waals surface area contributed by atoms with Crippen LogP contribution in [-0.2, 0) is 0 Å². The number of anilines is 1. The summed E-state index contributed by atoms with van der Waals surface area (Å²) in [7, 11) is 0. The molecule has 0 spiro atoms. The van der Waals surface area contributed by atoms with E-state index in [9.17, 15) is 4.79 Å². The molecule has 120 valence electrons. The molecule has 1 fully saturated rings. The lowest BCUT2D eigenvalue weighted by atomic mass is 10.1. The zero-order valence-electron chi connectivity index (χ0n) is 12.4. The van der Waals surface area contributed by atoms with Gasteiger partial charge in [0.05, 0.1) is 5.02 Å². The molecule has 1 aromatic carbocycles. The van der Waals surface area contributed by atoms with Crippen molar-refractivity contribution >= 4 is 23.4 Å². The molecule has 0 saturated carbocycles. The van der Waals surface area contributed by atoms with Crippen LogP contribution in [-0.4, -0.2) is 40.5 Å². The summed E-state index contributed by atoms with van der Waals surface area (Å²) >= 11 is 6.11. The van der Waals surface area contributed by atoms with Gasteiger partial charge in [0, 0.05) is 25.9 Å². The van der Waals surface area contributed by atoms with Crippen LogP contribution in [0, 0.1) is 0 Å². The summed E-state index contributed by atoms with van der Waals surface area (Å²) in [6, 6.07) is 10.6. The van der Waals surface area contributed by atoms with E-state index in [1.165, 1.54) is 6.07 Å². The van der Waals surface area contributed by atoms with Crippen LogP contribution in [0.5, 0.6) is 5.75 Å². The Kier molecular flexibility index (Phi) is 4.62. The van der Waals surface area contributed by atoms with Crippen LogP contribution in [0.4, 0.5) is 5.82 Å². The molecule has 1 N–H and O–H groups in total. The summed E-state index contributed by atoms with van der Waals surface area (Å²) in [6.07, 6.45) is 1.79. The molecule has 0 bridgehead atoms. The minimum Gasteiger partial charge on any atom is -0.489 e. The van der Waals surface area contributed by atoms with Crippen molar-refractivity contribution in [1.29, 1.82) is 0 Å². The number of carboxylic acid groups (broad SMARTS) is 1. The number of carbonyl (C=O) groups is 1. The molecule has 0 aliphatic carbocycles. The smallest absolute Gasteiger partial charge is 0.356 e. The maximum absolute atomic E-state index is 10.8. The Morgan fingerprint density at radius 1 is 1.17 bits per heavy atom. The normalized spacial score (nSPS) is 15.4. The summed E-state index contributed by atoms with van der Waals surface area (Å²) in [5.41, 5.74) is -0.0503. The van der Waals surface area contributed by atoms with Crippen molar-refractivity contribution in [1.82, 2.24) is 10.2 Å². The zero-order chi connectivity index (χ0) is 16.2. The van der Waals surface area contributed by atoms with Crippen LogP contribution in [0.15, 0.2) is 36.4 Å². The quantitative estimate of drug-likeness (QED) is 0.927. The number of carboxylic acids is 1. The van der Waals surface area contributed by atoms with E-state index in [2.05, 4.69) is 15.1 Å². The third kappa shape index (κ3) is 3.71. The van der Waals surface area contributed by atoms with E-state index in [1.807, 2.05) is 24.3 Å². The van der Waals surface area contributed by atoms with Crippen molar-refractivity contribution in [2.75, 3.05) is 18.0 Å². The largest absolute Gasteiger partial charge is 0.489 e. The van der Waals surface area contributed by atoms with Gasteiger partial charge in [0.2, 0.25) is 0 Å². The fourth-order valence-electron chi connectivity index (χ4n) is 2.53. The second kappa shape index (κ2) is 6.83. The van der Waals surface area contributed by atoms with Crippen LogP contribution >= 0.6 is 11.6 Å². The van der Waals surface area contributed by atoms with E-state index >= 15 is 0 Å². The Balaban J connectivity index is 1.58. The van der Waals surface area contributed by atoms with Crippen LogP contribution < -0.4 is 9.64 Å². The van der Waals surface area contributed by atoms with E-state index in [4.69, 9.17) is 21.4 Å². The molecular formula is C16H16ClN3O3. The van der Waals surface area contributed by atoms with E-state index < -0.39 is 5.97 Å². The lowest BCUT2D eigenvalue weighted by Crippen LogP contribution is -2.38. The Labute approximate surface area is 138 Å². The molecule has 0 amide bonds. The van der Waals surface area contributed by atoms with Gasteiger partial charge in [-0.1, -0.05) is 23.7 Å². The van der Waals surface area contributed by atoms with E-state index in [0.29, 0.717) is 16.6 Å². The number of rotatable bonds is 4. The number of hydrogen-bond donors (Lipinski definition) is 1. The highest BCUT2D eigenvalue weighted by molar-refractivity contribution is 6.32. The molecule has 2 aromatic rings. The van der Waals surface area contributed by atoms with Crippen molar-refractivity contribution in [3.8, 4) is 5.75 Å². The SMILES string of the molecule is O=C(O)c1ccc(N2CCC(Oc3ccccc3Cl)CC2)nn1. The molecule has 1 aromatic heterocycles. The van der Waals surface area contributed by atoms with Crippen molar-refractivity contribution in [2.45, 2.75) is 18.9 Å². The topological polar surface area (TPSA) is 75.5 Å².